The summed E-state index contributed by atoms with van der Waals surface area (Å²) in [6, 6.07) is 0. The number of aliphatic hydroxyl groups excluding tert-OH is 2. The number of fused-ring (bicyclic) bond motifs is 1. The van der Waals surface area contributed by atoms with Crippen molar-refractivity contribution < 1.29 is 48.7 Å². The first kappa shape index (κ1) is 24.8. The van der Waals surface area contributed by atoms with E-state index in [-0.39, 0.29) is 6.42 Å². The van der Waals surface area contributed by atoms with E-state index in [1.165, 1.54) is 39.8 Å². The van der Waals surface area contributed by atoms with Crippen LogP contribution >= 0.6 is 0 Å². The Morgan fingerprint density at radius 3 is 2.29 bits per heavy atom. The molecule has 1 unspecified atom stereocenters. The third kappa shape index (κ3) is 3.26. The first-order valence-corrected chi connectivity index (χ1v) is 11.3. The van der Waals surface area contributed by atoms with Crippen molar-refractivity contribution in [3.8, 4) is 0 Å². The monoisotopic (exact) mass is 480 g/mol. The van der Waals surface area contributed by atoms with Crippen molar-refractivity contribution in [3.63, 3.8) is 0 Å². The van der Waals surface area contributed by atoms with Gasteiger partial charge in [0.1, 0.15) is 24.4 Å². The molecule has 2 heterocycles. The van der Waals surface area contributed by atoms with Gasteiger partial charge < -0.3 is 34.3 Å². The minimum atomic E-state index is -1.94. The largest absolute Gasteiger partial charge is 0.459 e. The van der Waals surface area contributed by atoms with Crippen LogP contribution in [0.5, 0.6) is 0 Å². The number of rotatable bonds is 2. The van der Waals surface area contributed by atoms with Gasteiger partial charge in [-0.2, -0.15) is 0 Å². The summed E-state index contributed by atoms with van der Waals surface area (Å²) in [6.07, 6.45) is -1.48. The zero-order valence-electron chi connectivity index (χ0n) is 20.1. The molecule has 3 N–H and O–H groups in total. The van der Waals surface area contributed by atoms with Crippen molar-refractivity contribution >= 4 is 17.9 Å². The maximum absolute atomic E-state index is 12.8. The summed E-state index contributed by atoms with van der Waals surface area (Å²) >= 11 is 0. The molecule has 2 saturated heterocycles. The number of ether oxygens (including phenoxy) is 4. The van der Waals surface area contributed by atoms with E-state index in [9.17, 15) is 29.7 Å². The van der Waals surface area contributed by atoms with Crippen molar-refractivity contribution in [1.29, 1.82) is 0 Å². The second-order valence-corrected chi connectivity index (χ2v) is 10.5. The average molecular weight is 481 g/mol. The van der Waals surface area contributed by atoms with Crippen molar-refractivity contribution in [3.05, 3.63) is 23.8 Å². The molecule has 4 rings (SSSR count). The van der Waals surface area contributed by atoms with E-state index in [1.807, 2.05) is 0 Å². The molecular formula is C24H32O10. The number of hydrogen-bond donors (Lipinski definition) is 3. The molecular weight excluding hydrogens is 448 g/mol. The van der Waals surface area contributed by atoms with Crippen LogP contribution in [0.3, 0.4) is 0 Å². The molecule has 2 aliphatic heterocycles. The summed E-state index contributed by atoms with van der Waals surface area (Å²) in [5.41, 5.74) is -5.64. The van der Waals surface area contributed by atoms with Crippen LogP contribution in [0.1, 0.15) is 48.0 Å². The molecule has 0 aromatic heterocycles. The van der Waals surface area contributed by atoms with Crippen LogP contribution in [0, 0.1) is 11.3 Å². The fraction of sp³-hybridized carbons (Fsp3) is 0.708. The standard InChI is InChI=1S/C24H32O10/c1-11-9-14(31-12(2)25)18(28)21(4)8-7-15(27)22(5,30)17(21)19(32-13(3)26)24-16(10-11)33-20(29)23(24,6)34-24/h7-8,10,14-19,27-28,30H,9H2,1-6H3/b11-10-/t14-,15-,16+,17-,18+,19?,21+,22-,23+,24+/m0/s1. The predicted molar refractivity (Wildman–Crippen MR) is 115 cm³/mol. The lowest BCUT2D eigenvalue weighted by Crippen LogP contribution is -2.67. The lowest BCUT2D eigenvalue weighted by atomic mass is 9.55. The highest BCUT2D eigenvalue weighted by molar-refractivity contribution is 5.89. The molecule has 10 atom stereocenters. The molecule has 0 radical (unpaired) electrons. The van der Waals surface area contributed by atoms with Gasteiger partial charge in [-0.05, 0) is 26.8 Å². The van der Waals surface area contributed by atoms with Gasteiger partial charge in [-0.25, -0.2) is 4.79 Å². The fourth-order valence-electron chi connectivity index (χ4n) is 6.19. The third-order valence-electron chi connectivity index (χ3n) is 7.94. The SMILES string of the molecule is CC(=O)OC1[C@@H]2[C@@](C)(O)[C@@H](O)C=C[C@@]2(C)[C@H](O)[C@@H](OC(C)=O)C/C(C)=C\[C@H]2OC(=O)[C@@]3(C)O[C@@]123. The molecule has 34 heavy (non-hydrogen) atoms. The molecule has 1 spiro atoms. The molecule has 0 amide bonds. The number of hydrogen-bond acceptors (Lipinski definition) is 10. The molecule has 0 aromatic carbocycles. The average Bonchev–Trinajstić information content (AvgIpc) is 3.29. The summed E-state index contributed by atoms with van der Waals surface area (Å²) in [7, 11) is 0. The Morgan fingerprint density at radius 2 is 1.74 bits per heavy atom. The predicted octanol–water partition coefficient (Wildman–Crippen LogP) is 0.318. The van der Waals surface area contributed by atoms with Gasteiger partial charge in [0.05, 0.1) is 5.60 Å². The first-order chi connectivity index (χ1) is 15.6. The molecule has 0 saturated carbocycles. The zero-order chi connectivity index (χ0) is 25.4. The van der Waals surface area contributed by atoms with E-state index in [2.05, 4.69) is 0 Å². The van der Waals surface area contributed by atoms with Crippen LogP contribution in [-0.4, -0.2) is 80.6 Å². The minimum Gasteiger partial charge on any atom is -0.459 e. The van der Waals surface area contributed by atoms with Crippen LogP contribution in [0.15, 0.2) is 23.8 Å². The Morgan fingerprint density at radius 1 is 1.12 bits per heavy atom. The highest BCUT2D eigenvalue weighted by Gasteiger charge is 2.87. The van der Waals surface area contributed by atoms with Crippen LogP contribution in [0.2, 0.25) is 0 Å². The normalized spacial score (nSPS) is 51.1. The molecule has 0 aromatic rings. The van der Waals surface area contributed by atoms with Crippen molar-refractivity contribution in [2.24, 2.45) is 11.3 Å². The lowest BCUT2D eigenvalue weighted by molar-refractivity contribution is -0.217. The Balaban J connectivity index is 2.00. The summed E-state index contributed by atoms with van der Waals surface area (Å²) in [5, 5.41) is 33.9. The highest BCUT2D eigenvalue weighted by atomic mass is 16.7. The van der Waals surface area contributed by atoms with Gasteiger partial charge in [-0.1, -0.05) is 24.6 Å². The van der Waals surface area contributed by atoms with Gasteiger partial charge in [-0.15, -0.1) is 0 Å². The Labute approximate surface area is 197 Å². The van der Waals surface area contributed by atoms with Gasteiger partial charge in [0.2, 0.25) is 0 Å². The molecule has 4 aliphatic rings. The molecule has 10 heteroatoms. The van der Waals surface area contributed by atoms with Crippen LogP contribution in [0.4, 0.5) is 0 Å². The van der Waals surface area contributed by atoms with Crippen molar-refractivity contribution in [2.75, 3.05) is 0 Å². The molecule has 2 aliphatic carbocycles. The zero-order valence-corrected chi connectivity index (χ0v) is 20.1. The highest BCUT2D eigenvalue weighted by Crippen LogP contribution is 2.65. The van der Waals surface area contributed by atoms with Crippen molar-refractivity contribution in [2.45, 2.75) is 95.3 Å². The summed E-state index contributed by atoms with van der Waals surface area (Å²) < 4.78 is 22.9. The van der Waals surface area contributed by atoms with E-state index >= 15 is 0 Å². The topological polar surface area (TPSA) is 152 Å². The van der Waals surface area contributed by atoms with Gasteiger partial charge in [0.15, 0.2) is 17.3 Å². The summed E-state index contributed by atoms with van der Waals surface area (Å²) in [4.78, 5) is 37.0. The Kier molecular flexibility index (Phi) is 5.56. The van der Waals surface area contributed by atoms with Gasteiger partial charge in [-0.3, -0.25) is 9.59 Å². The number of carbonyl (C=O) groups excluding carboxylic acids is 3. The molecule has 188 valence electrons. The second kappa shape index (κ2) is 7.61. The van der Waals surface area contributed by atoms with E-state index in [1.54, 1.807) is 19.9 Å². The summed E-state index contributed by atoms with van der Waals surface area (Å²) in [5.74, 6) is -3.16. The quantitative estimate of drug-likeness (QED) is 0.218. The maximum atomic E-state index is 12.8. The Hall–Kier alpha value is -2.27. The summed E-state index contributed by atoms with van der Waals surface area (Å²) in [6.45, 7) is 8.66. The Bertz CT molecular complexity index is 984. The smallest absolute Gasteiger partial charge is 0.342 e. The van der Waals surface area contributed by atoms with Crippen molar-refractivity contribution in [1.82, 2.24) is 0 Å². The first-order valence-electron chi connectivity index (χ1n) is 11.3. The fourth-order valence-corrected chi connectivity index (χ4v) is 6.19. The second-order valence-electron chi connectivity index (χ2n) is 10.5. The van der Waals surface area contributed by atoms with E-state index < -0.39 is 76.6 Å². The van der Waals surface area contributed by atoms with Gasteiger partial charge in [0.25, 0.3) is 0 Å². The van der Waals surface area contributed by atoms with Gasteiger partial charge in [0, 0.05) is 31.6 Å². The number of carbonyl (C=O) groups is 3. The maximum Gasteiger partial charge on any atom is 0.342 e. The van der Waals surface area contributed by atoms with Crippen LogP contribution in [0.25, 0.3) is 0 Å². The van der Waals surface area contributed by atoms with Gasteiger partial charge >= 0.3 is 17.9 Å². The molecule has 10 nitrogen and oxygen atoms in total. The van der Waals surface area contributed by atoms with Crippen LogP contribution in [-0.2, 0) is 33.3 Å². The van der Waals surface area contributed by atoms with E-state index in [0.717, 1.165) is 0 Å². The van der Waals surface area contributed by atoms with Crippen LogP contribution < -0.4 is 0 Å². The number of esters is 3. The minimum absolute atomic E-state index is 0.112. The number of aliphatic hydroxyl groups is 3. The van der Waals surface area contributed by atoms with E-state index in [0.29, 0.717) is 5.57 Å². The third-order valence-corrected chi connectivity index (χ3v) is 7.94. The van der Waals surface area contributed by atoms with E-state index in [4.69, 9.17) is 18.9 Å². The number of epoxide rings is 1. The molecule has 2 fully saturated rings. The lowest BCUT2D eigenvalue weighted by Gasteiger charge is -2.54. The molecule has 0 bridgehead atoms.